The number of benzene rings is 1. The molecule has 0 radical (unpaired) electrons. The van der Waals surface area contributed by atoms with Crippen LogP contribution in [0.3, 0.4) is 0 Å². The minimum Gasteiger partial charge on any atom is -0.495 e. The Morgan fingerprint density at radius 3 is 2.93 bits per heavy atom. The number of thiophene rings is 1. The molecule has 0 saturated carbocycles. The summed E-state index contributed by atoms with van der Waals surface area (Å²) < 4.78 is 5.86. The molecule has 3 rings (SSSR count). The highest BCUT2D eigenvalue weighted by Crippen LogP contribution is 2.31. The number of nitrogens with one attached hydrogen (secondary N) is 2. The van der Waals surface area contributed by atoms with Crippen molar-refractivity contribution in [2.75, 3.05) is 24.3 Å². The number of hydrogen-bond acceptors (Lipinski definition) is 8. The van der Waals surface area contributed by atoms with Crippen LogP contribution in [0.15, 0.2) is 40.1 Å². The fraction of sp³-hybridized carbons (Fsp3) is 0.278. The standard InChI is InChI=1S/C18H19ClN4O2S3/c1-11(16(24)21-12-5-6-15(25-2)14(19)10-12)27-18-23-22-17(28-18)20-8-7-13-4-3-9-26-13/h3-6,9-11H,7-8H2,1-2H3,(H,20,22)(H,21,24). The third kappa shape index (κ3) is 5.84. The van der Waals surface area contributed by atoms with Gasteiger partial charge in [0.05, 0.1) is 17.4 Å². The lowest BCUT2D eigenvalue weighted by atomic mass is 10.3. The van der Waals surface area contributed by atoms with E-state index in [1.807, 2.05) is 13.0 Å². The van der Waals surface area contributed by atoms with Gasteiger partial charge < -0.3 is 15.4 Å². The maximum absolute atomic E-state index is 12.4. The number of carbonyl (C=O) groups excluding carboxylic acids is 1. The molecule has 0 aliphatic carbocycles. The number of thioether (sulfide) groups is 1. The molecule has 0 aliphatic rings. The number of carbonyl (C=O) groups is 1. The van der Waals surface area contributed by atoms with Crippen LogP contribution in [0.4, 0.5) is 10.8 Å². The van der Waals surface area contributed by atoms with Crippen molar-refractivity contribution in [1.29, 1.82) is 0 Å². The predicted octanol–water partition coefficient (Wildman–Crippen LogP) is 5.04. The van der Waals surface area contributed by atoms with Crippen molar-refractivity contribution in [2.45, 2.75) is 22.9 Å². The number of hydrogen-bond donors (Lipinski definition) is 2. The van der Waals surface area contributed by atoms with Crippen LogP contribution in [0, 0.1) is 0 Å². The minimum absolute atomic E-state index is 0.131. The van der Waals surface area contributed by atoms with Crippen molar-refractivity contribution in [3.05, 3.63) is 45.6 Å². The Morgan fingerprint density at radius 2 is 2.21 bits per heavy atom. The van der Waals surface area contributed by atoms with Crippen LogP contribution in [0.25, 0.3) is 0 Å². The Labute approximate surface area is 180 Å². The summed E-state index contributed by atoms with van der Waals surface area (Å²) >= 11 is 10.7. The molecule has 148 valence electrons. The first-order chi connectivity index (χ1) is 13.5. The lowest BCUT2D eigenvalue weighted by Crippen LogP contribution is -2.22. The van der Waals surface area contributed by atoms with Gasteiger partial charge in [-0.25, -0.2) is 0 Å². The second-order valence-electron chi connectivity index (χ2n) is 5.73. The molecule has 1 aromatic carbocycles. The molecule has 2 heterocycles. The van der Waals surface area contributed by atoms with E-state index in [0.29, 0.717) is 16.5 Å². The molecule has 1 unspecified atom stereocenters. The molecule has 2 N–H and O–H groups in total. The number of amides is 1. The Balaban J connectivity index is 1.48. The second kappa shape index (κ2) is 10.1. The highest BCUT2D eigenvalue weighted by Gasteiger charge is 2.18. The van der Waals surface area contributed by atoms with Crippen LogP contribution in [0.5, 0.6) is 5.75 Å². The van der Waals surface area contributed by atoms with E-state index < -0.39 is 0 Å². The number of anilines is 2. The Kier molecular flexibility index (Phi) is 7.55. The van der Waals surface area contributed by atoms with Crippen molar-refractivity contribution in [2.24, 2.45) is 0 Å². The molecule has 0 spiro atoms. The first-order valence-electron chi connectivity index (χ1n) is 8.46. The molecule has 1 amide bonds. The number of aromatic nitrogens is 2. The van der Waals surface area contributed by atoms with Gasteiger partial charge in [0.2, 0.25) is 11.0 Å². The maximum atomic E-state index is 12.4. The summed E-state index contributed by atoms with van der Waals surface area (Å²) in [4.78, 5) is 13.8. The van der Waals surface area contributed by atoms with E-state index in [0.717, 1.165) is 22.4 Å². The zero-order chi connectivity index (χ0) is 19.9. The van der Waals surface area contributed by atoms with E-state index in [2.05, 4.69) is 32.3 Å². The number of ether oxygens (including phenoxy) is 1. The monoisotopic (exact) mass is 454 g/mol. The van der Waals surface area contributed by atoms with Gasteiger partial charge in [-0.2, -0.15) is 0 Å². The topological polar surface area (TPSA) is 76.1 Å². The van der Waals surface area contributed by atoms with E-state index in [4.69, 9.17) is 16.3 Å². The molecule has 0 bridgehead atoms. The molecule has 0 fully saturated rings. The quantitative estimate of drug-likeness (QED) is 0.441. The lowest BCUT2D eigenvalue weighted by molar-refractivity contribution is -0.115. The molecule has 1 atom stereocenters. The van der Waals surface area contributed by atoms with Gasteiger partial charge in [0, 0.05) is 17.1 Å². The van der Waals surface area contributed by atoms with Crippen molar-refractivity contribution in [1.82, 2.24) is 10.2 Å². The first kappa shape index (κ1) is 20.9. The number of methoxy groups -OCH3 is 1. The number of halogens is 1. The highest BCUT2D eigenvalue weighted by atomic mass is 35.5. The summed E-state index contributed by atoms with van der Waals surface area (Å²) in [5.74, 6) is 0.434. The Hall–Kier alpha value is -1.81. The van der Waals surface area contributed by atoms with Gasteiger partial charge in [-0.1, -0.05) is 40.8 Å². The molecule has 10 heteroatoms. The van der Waals surface area contributed by atoms with Gasteiger partial charge in [0.1, 0.15) is 5.75 Å². The average molecular weight is 455 g/mol. The largest absolute Gasteiger partial charge is 0.495 e. The maximum Gasteiger partial charge on any atom is 0.237 e. The van der Waals surface area contributed by atoms with Gasteiger partial charge in [0.15, 0.2) is 4.34 Å². The summed E-state index contributed by atoms with van der Waals surface area (Å²) in [6.45, 7) is 2.63. The zero-order valence-electron chi connectivity index (χ0n) is 15.3. The van der Waals surface area contributed by atoms with Crippen molar-refractivity contribution >= 4 is 62.8 Å². The van der Waals surface area contributed by atoms with Crippen LogP contribution < -0.4 is 15.4 Å². The van der Waals surface area contributed by atoms with Crippen molar-refractivity contribution in [3.8, 4) is 5.75 Å². The molecule has 3 aromatic rings. The van der Waals surface area contributed by atoms with Gasteiger partial charge >= 0.3 is 0 Å². The van der Waals surface area contributed by atoms with Crippen LogP contribution in [0.1, 0.15) is 11.8 Å². The van der Waals surface area contributed by atoms with E-state index in [-0.39, 0.29) is 11.2 Å². The number of rotatable bonds is 9. The third-order valence-electron chi connectivity index (χ3n) is 3.70. The van der Waals surface area contributed by atoms with Crippen molar-refractivity contribution in [3.63, 3.8) is 0 Å². The summed E-state index contributed by atoms with van der Waals surface area (Å²) in [5.41, 5.74) is 0.622. The Bertz CT molecular complexity index is 917. The lowest BCUT2D eigenvalue weighted by Gasteiger charge is -2.11. The summed E-state index contributed by atoms with van der Waals surface area (Å²) in [5, 5.41) is 17.4. The fourth-order valence-electron chi connectivity index (χ4n) is 2.27. The van der Waals surface area contributed by atoms with Crippen LogP contribution >= 0.6 is 46.0 Å². The molecule has 28 heavy (non-hydrogen) atoms. The van der Waals surface area contributed by atoms with Crippen LogP contribution in [0.2, 0.25) is 5.02 Å². The minimum atomic E-state index is -0.326. The molecular formula is C18H19ClN4O2S3. The Morgan fingerprint density at radius 1 is 1.36 bits per heavy atom. The van der Waals surface area contributed by atoms with E-state index in [1.165, 1.54) is 28.0 Å². The van der Waals surface area contributed by atoms with Gasteiger partial charge in [0.25, 0.3) is 0 Å². The molecule has 0 saturated heterocycles. The SMILES string of the molecule is COc1ccc(NC(=O)C(C)Sc2nnc(NCCc3cccs3)s2)cc1Cl. The highest BCUT2D eigenvalue weighted by molar-refractivity contribution is 8.02. The second-order valence-corrected chi connectivity index (χ2v) is 9.73. The summed E-state index contributed by atoms with van der Waals surface area (Å²) in [6.07, 6.45) is 0.947. The molecular weight excluding hydrogens is 436 g/mol. The van der Waals surface area contributed by atoms with Gasteiger partial charge in [-0.15, -0.1) is 21.5 Å². The van der Waals surface area contributed by atoms with Crippen LogP contribution in [-0.4, -0.2) is 35.0 Å². The first-order valence-corrected chi connectivity index (χ1v) is 11.4. The molecule has 0 aliphatic heterocycles. The molecule has 6 nitrogen and oxygen atoms in total. The van der Waals surface area contributed by atoms with E-state index in [1.54, 1.807) is 36.6 Å². The van der Waals surface area contributed by atoms with Crippen molar-refractivity contribution < 1.29 is 9.53 Å². The van der Waals surface area contributed by atoms with E-state index >= 15 is 0 Å². The number of nitrogens with zero attached hydrogens (tertiary/aromatic N) is 2. The normalized spacial score (nSPS) is 11.8. The summed E-state index contributed by atoms with van der Waals surface area (Å²) in [7, 11) is 1.55. The van der Waals surface area contributed by atoms with Gasteiger partial charge in [-0.3, -0.25) is 4.79 Å². The molecule has 2 aromatic heterocycles. The average Bonchev–Trinajstić information content (AvgIpc) is 3.34. The van der Waals surface area contributed by atoms with Crippen LogP contribution in [-0.2, 0) is 11.2 Å². The fourth-order valence-corrected chi connectivity index (χ4v) is 5.16. The third-order valence-corrected chi connectivity index (χ3v) is 7.00. The predicted molar refractivity (Wildman–Crippen MR) is 118 cm³/mol. The smallest absolute Gasteiger partial charge is 0.237 e. The summed E-state index contributed by atoms with van der Waals surface area (Å²) in [6, 6.07) is 9.29. The zero-order valence-corrected chi connectivity index (χ0v) is 18.5. The van der Waals surface area contributed by atoms with Gasteiger partial charge in [-0.05, 0) is 43.0 Å². The van der Waals surface area contributed by atoms with E-state index in [9.17, 15) is 4.79 Å².